The Morgan fingerprint density at radius 3 is 2.58 bits per heavy atom. The van der Waals surface area contributed by atoms with Crippen LogP contribution in [0.3, 0.4) is 0 Å². The summed E-state index contributed by atoms with van der Waals surface area (Å²) >= 11 is 1.76. The minimum Gasteiger partial charge on any atom is -0.388 e. The van der Waals surface area contributed by atoms with Crippen LogP contribution in [0.1, 0.15) is 18.1 Å². The van der Waals surface area contributed by atoms with Crippen molar-refractivity contribution in [3.05, 3.63) is 35.9 Å². The lowest BCUT2D eigenvalue weighted by atomic mass is 10.1. The quantitative estimate of drug-likeness (QED) is 0.772. The molecule has 1 nitrogen and oxygen atoms in total. The zero-order chi connectivity index (χ0) is 8.81. The third-order valence-electron chi connectivity index (χ3n) is 1.78. The molecule has 0 radical (unpaired) electrons. The summed E-state index contributed by atoms with van der Waals surface area (Å²) in [6.45, 7) is 0. The Bertz CT molecular complexity index is 210. The Hall–Kier alpha value is -0.470. The summed E-state index contributed by atoms with van der Waals surface area (Å²) in [5.41, 5.74) is 1.02. The van der Waals surface area contributed by atoms with E-state index in [2.05, 4.69) is 6.26 Å². The van der Waals surface area contributed by atoms with Gasteiger partial charge >= 0.3 is 0 Å². The molecule has 66 valence electrons. The van der Waals surface area contributed by atoms with Crippen LogP contribution in [0.15, 0.2) is 30.3 Å². The van der Waals surface area contributed by atoms with E-state index in [9.17, 15) is 5.11 Å². The molecule has 0 saturated heterocycles. The van der Waals surface area contributed by atoms with E-state index in [1.165, 1.54) is 0 Å². The first-order valence-electron chi connectivity index (χ1n) is 4.06. The molecule has 1 aromatic rings. The molecule has 0 spiro atoms. The molecule has 1 atom stereocenters. The maximum Gasteiger partial charge on any atom is 0.0797 e. The molecule has 0 aliphatic carbocycles. The smallest absolute Gasteiger partial charge is 0.0797 e. The van der Waals surface area contributed by atoms with Crippen molar-refractivity contribution in [2.24, 2.45) is 0 Å². The van der Waals surface area contributed by atoms with E-state index in [0.717, 1.165) is 17.7 Å². The Labute approximate surface area is 77.8 Å². The van der Waals surface area contributed by atoms with Crippen LogP contribution in [0.25, 0.3) is 0 Å². The Morgan fingerprint density at radius 2 is 2.00 bits per heavy atom. The number of rotatable bonds is 4. The lowest BCUT2D eigenvalue weighted by Gasteiger charge is -2.08. The standard InChI is InChI=1S/C10H14OS/c1-12-8-7-10(11)9-5-3-2-4-6-9/h2-6,10-11H,7-8H2,1H3/t10-/m0/s1. The first-order valence-corrected chi connectivity index (χ1v) is 5.46. The van der Waals surface area contributed by atoms with E-state index in [-0.39, 0.29) is 6.10 Å². The number of aliphatic hydroxyl groups excluding tert-OH is 1. The molecule has 1 rings (SSSR count). The topological polar surface area (TPSA) is 20.2 Å². The van der Waals surface area contributed by atoms with E-state index >= 15 is 0 Å². The largest absolute Gasteiger partial charge is 0.388 e. The molecule has 0 heterocycles. The Kier molecular flexibility index (Phi) is 4.19. The van der Waals surface area contributed by atoms with Crippen LogP contribution in [0, 0.1) is 0 Å². The van der Waals surface area contributed by atoms with Gasteiger partial charge in [-0.15, -0.1) is 0 Å². The van der Waals surface area contributed by atoms with Gasteiger partial charge in [0.1, 0.15) is 0 Å². The highest BCUT2D eigenvalue weighted by Crippen LogP contribution is 2.17. The lowest BCUT2D eigenvalue weighted by Crippen LogP contribution is -1.97. The molecule has 0 bridgehead atoms. The van der Waals surface area contributed by atoms with Crippen LogP contribution in [-0.4, -0.2) is 17.1 Å². The highest BCUT2D eigenvalue weighted by molar-refractivity contribution is 7.98. The lowest BCUT2D eigenvalue weighted by molar-refractivity contribution is 0.175. The van der Waals surface area contributed by atoms with Gasteiger partial charge in [0.15, 0.2) is 0 Å². The molecule has 0 fully saturated rings. The number of thioether (sulfide) groups is 1. The van der Waals surface area contributed by atoms with Gasteiger partial charge in [0.05, 0.1) is 6.10 Å². The molecule has 0 amide bonds. The summed E-state index contributed by atoms with van der Waals surface area (Å²) in [5, 5.41) is 9.64. The number of hydrogen-bond donors (Lipinski definition) is 1. The van der Waals surface area contributed by atoms with Crippen LogP contribution in [0.4, 0.5) is 0 Å². The molecule has 0 aliphatic rings. The third-order valence-corrected chi connectivity index (χ3v) is 2.42. The normalized spacial score (nSPS) is 12.8. The fourth-order valence-electron chi connectivity index (χ4n) is 1.07. The van der Waals surface area contributed by atoms with Gasteiger partial charge in [-0.05, 0) is 24.0 Å². The highest BCUT2D eigenvalue weighted by atomic mass is 32.2. The van der Waals surface area contributed by atoms with Gasteiger partial charge < -0.3 is 5.11 Å². The molecule has 0 saturated carbocycles. The molecule has 12 heavy (non-hydrogen) atoms. The first-order chi connectivity index (χ1) is 5.84. The van der Waals surface area contributed by atoms with Gasteiger partial charge in [-0.3, -0.25) is 0 Å². The van der Waals surface area contributed by atoms with Gasteiger partial charge in [0.2, 0.25) is 0 Å². The first kappa shape index (κ1) is 9.62. The molecule has 1 aromatic carbocycles. The van der Waals surface area contributed by atoms with Crippen molar-refractivity contribution in [2.75, 3.05) is 12.0 Å². The summed E-state index contributed by atoms with van der Waals surface area (Å²) in [5.74, 6) is 1.01. The molecular formula is C10H14OS. The predicted molar refractivity (Wildman–Crippen MR) is 54.4 cm³/mol. The summed E-state index contributed by atoms with van der Waals surface area (Å²) in [7, 11) is 0. The maximum atomic E-state index is 9.64. The second-order valence-electron chi connectivity index (χ2n) is 2.71. The fraction of sp³-hybridized carbons (Fsp3) is 0.400. The van der Waals surface area contributed by atoms with E-state index in [4.69, 9.17) is 0 Å². The zero-order valence-electron chi connectivity index (χ0n) is 7.23. The molecule has 1 N–H and O–H groups in total. The average Bonchev–Trinajstić information content (AvgIpc) is 2.15. The van der Waals surface area contributed by atoms with Crippen molar-refractivity contribution < 1.29 is 5.11 Å². The summed E-state index contributed by atoms with van der Waals surface area (Å²) < 4.78 is 0. The second-order valence-corrected chi connectivity index (χ2v) is 3.69. The molecule has 0 unspecified atom stereocenters. The fourth-order valence-corrected chi connectivity index (χ4v) is 1.53. The molecule has 0 aromatic heterocycles. The van der Waals surface area contributed by atoms with Gasteiger partial charge in [-0.2, -0.15) is 11.8 Å². The van der Waals surface area contributed by atoms with Crippen molar-refractivity contribution in [1.29, 1.82) is 0 Å². The highest BCUT2D eigenvalue weighted by Gasteiger charge is 2.04. The molecule has 2 heteroatoms. The summed E-state index contributed by atoms with van der Waals surface area (Å²) in [6, 6.07) is 9.80. The number of benzene rings is 1. The SMILES string of the molecule is CSCC[C@H](O)c1ccccc1. The monoisotopic (exact) mass is 182 g/mol. The van der Waals surface area contributed by atoms with Crippen molar-refractivity contribution >= 4 is 11.8 Å². The summed E-state index contributed by atoms with van der Waals surface area (Å²) in [6.07, 6.45) is 2.60. The van der Waals surface area contributed by atoms with Crippen LogP contribution < -0.4 is 0 Å². The predicted octanol–water partition coefficient (Wildman–Crippen LogP) is 2.47. The average molecular weight is 182 g/mol. The molecular weight excluding hydrogens is 168 g/mol. The minimum atomic E-state index is -0.293. The Morgan fingerprint density at radius 1 is 1.33 bits per heavy atom. The second kappa shape index (κ2) is 5.22. The van der Waals surface area contributed by atoms with Crippen LogP contribution in [0.2, 0.25) is 0 Å². The minimum absolute atomic E-state index is 0.293. The van der Waals surface area contributed by atoms with E-state index < -0.39 is 0 Å². The van der Waals surface area contributed by atoms with Gasteiger partial charge in [0, 0.05) is 0 Å². The van der Waals surface area contributed by atoms with Crippen molar-refractivity contribution in [3.63, 3.8) is 0 Å². The van der Waals surface area contributed by atoms with Crippen LogP contribution in [-0.2, 0) is 0 Å². The van der Waals surface area contributed by atoms with E-state index in [1.54, 1.807) is 11.8 Å². The third kappa shape index (κ3) is 2.88. The van der Waals surface area contributed by atoms with Crippen molar-refractivity contribution in [1.82, 2.24) is 0 Å². The Balaban J connectivity index is 2.48. The van der Waals surface area contributed by atoms with E-state index in [1.807, 2.05) is 30.3 Å². The van der Waals surface area contributed by atoms with E-state index in [0.29, 0.717) is 0 Å². The number of aliphatic hydroxyl groups is 1. The van der Waals surface area contributed by atoms with Crippen LogP contribution in [0.5, 0.6) is 0 Å². The van der Waals surface area contributed by atoms with Gasteiger partial charge in [0.25, 0.3) is 0 Å². The van der Waals surface area contributed by atoms with Crippen molar-refractivity contribution in [2.45, 2.75) is 12.5 Å². The molecule has 0 aliphatic heterocycles. The summed E-state index contributed by atoms with van der Waals surface area (Å²) in [4.78, 5) is 0. The maximum absolute atomic E-state index is 9.64. The van der Waals surface area contributed by atoms with Gasteiger partial charge in [-0.25, -0.2) is 0 Å². The van der Waals surface area contributed by atoms with Crippen LogP contribution >= 0.6 is 11.8 Å². The van der Waals surface area contributed by atoms with Crippen molar-refractivity contribution in [3.8, 4) is 0 Å². The van der Waals surface area contributed by atoms with Gasteiger partial charge in [-0.1, -0.05) is 30.3 Å². The number of hydrogen-bond acceptors (Lipinski definition) is 2. The zero-order valence-corrected chi connectivity index (χ0v) is 8.05.